The molecule has 0 aliphatic carbocycles. The average Bonchev–Trinajstić information content (AvgIpc) is 2.34. The highest BCUT2D eigenvalue weighted by molar-refractivity contribution is 7.80. The minimum atomic E-state index is -0.384. The maximum absolute atomic E-state index is 11.4. The smallest absolute Gasteiger partial charge is 0.407 e. The van der Waals surface area contributed by atoms with Gasteiger partial charge in [0.2, 0.25) is 0 Å². The van der Waals surface area contributed by atoms with Gasteiger partial charge in [-0.2, -0.15) is 12.6 Å². The highest BCUT2D eigenvalue weighted by atomic mass is 32.1. The maximum Gasteiger partial charge on any atom is 0.407 e. The quantitative estimate of drug-likeness (QED) is 0.775. The molecular weight excluding hydrogens is 222 g/mol. The summed E-state index contributed by atoms with van der Waals surface area (Å²) in [5.41, 5.74) is 0.983. The third-order valence-corrected chi connectivity index (χ3v) is 2.69. The van der Waals surface area contributed by atoms with Crippen LogP contribution in [0.3, 0.4) is 0 Å². The highest BCUT2D eigenvalue weighted by Gasteiger charge is 2.09. The predicted octanol–water partition coefficient (Wildman–Crippen LogP) is 2.62. The Morgan fingerprint density at radius 3 is 2.69 bits per heavy atom. The van der Waals surface area contributed by atoms with Gasteiger partial charge in [-0.1, -0.05) is 37.3 Å². The summed E-state index contributed by atoms with van der Waals surface area (Å²) in [6.45, 7) is 2.30. The normalized spacial score (nSPS) is 11.9. The molecule has 1 atom stereocenters. The number of ether oxygens (including phenoxy) is 1. The summed E-state index contributed by atoms with van der Waals surface area (Å²) in [4.78, 5) is 11.4. The first-order valence-electron chi connectivity index (χ1n) is 5.34. The maximum atomic E-state index is 11.4. The second-order valence-electron chi connectivity index (χ2n) is 3.49. The number of alkyl carbamates (subject to hydrolysis) is 1. The van der Waals surface area contributed by atoms with Crippen molar-refractivity contribution in [3.8, 4) is 0 Å². The van der Waals surface area contributed by atoms with Gasteiger partial charge in [-0.15, -0.1) is 0 Å². The zero-order valence-corrected chi connectivity index (χ0v) is 10.2. The van der Waals surface area contributed by atoms with Gasteiger partial charge in [-0.25, -0.2) is 4.79 Å². The fraction of sp³-hybridized carbons (Fsp3) is 0.417. The van der Waals surface area contributed by atoms with E-state index in [0.717, 1.165) is 12.0 Å². The van der Waals surface area contributed by atoms with Gasteiger partial charge < -0.3 is 10.1 Å². The van der Waals surface area contributed by atoms with Crippen molar-refractivity contribution in [3.05, 3.63) is 35.9 Å². The van der Waals surface area contributed by atoms with E-state index in [9.17, 15) is 4.79 Å². The Balaban J connectivity index is 2.30. The summed E-state index contributed by atoms with van der Waals surface area (Å²) in [5, 5.41) is 2.75. The van der Waals surface area contributed by atoms with E-state index in [2.05, 4.69) is 17.9 Å². The average molecular weight is 239 g/mol. The van der Waals surface area contributed by atoms with Crippen LogP contribution in [-0.4, -0.2) is 17.9 Å². The van der Waals surface area contributed by atoms with E-state index in [0.29, 0.717) is 12.4 Å². The molecule has 0 aliphatic heterocycles. The molecule has 4 heteroatoms. The number of thiol groups is 1. The lowest BCUT2D eigenvalue weighted by Gasteiger charge is -2.14. The fourth-order valence-electron chi connectivity index (χ4n) is 1.21. The van der Waals surface area contributed by atoms with E-state index in [-0.39, 0.29) is 12.1 Å². The van der Waals surface area contributed by atoms with Crippen molar-refractivity contribution in [3.63, 3.8) is 0 Å². The molecule has 0 fully saturated rings. The Morgan fingerprint density at radius 2 is 2.12 bits per heavy atom. The molecule has 1 aromatic rings. The summed E-state index contributed by atoms with van der Waals surface area (Å²) in [6, 6.07) is 9.68. The minimum absolute atomic E-state index is 0.0756. The molecule has 3 nitrogen and oxygen atoms in total. The molecule has 0 aromatic heterocycles. The van der Waals surface area contributed by atoms with E-state index in [1.54, 1.807) is 0 Å². The first-order chi connectivity index (χ1) is 7.76. The third kappa shape index (κ3) is 4.57. The largest absolute Gasteiger partial charge is 0.445 e. The number of benzene rings is 1. The van der Waals surface area contributed by atoms with Crippen LogP contribution in [0.5, 0.6) is 0 Å². The topological polar surface area (TPSA) is 38.3 Å². The molecule has 1 aromatic carbocycles. The van der Waals surface area contributed by atoms with Crippen LogP contribution in [0, 0.1) is 0 Å². The van der Waals surface area contributed by atoms with E-state index in [1.165, 1.54) is 0 Å². The van der Waals surface area contributed by atoms with Gasteiger partial charge in [-0.05, 0) is 12.0 Å². The van der Waals surface area contributed by atoms with Gasteiger partial charge in [0.25, 0.3) is 0 Å². The lowest BCUT2D eigenvalue weighted by atomic mass is 10.2. The number of rotatable bonds is 5. The SMILES string of the molecule is CC[C@H](CS)NC(=O)OCc1ccccc1. The Kier molecular flexibility index (Phi) is 5.78. The van der Waals surface area contributed by atoms with Crippen molar-refractivity contribution in [1.29, 1.82) is 0 Å². The molecular formula is C12H17NO2S. The van der Waals surface area contributed by atoms with Crippen molar-refractivity contribution in [2.75, 3.05) is 5.75 Å². The predicted molar refractivity (Wildman–Crippen MR) is 67.7 cm³/mol. The summed E-state index contributed by atoms with van der Waals surface area (Å²) in [7, 11) is 0. The second-order valence-corrected chi connectivity index (χ2v) is 3.86. The van der Waals surface area contributed by atoms with Crippen LogP contribution in [-0.2, 0) is 11.3 Å². The van der Waals surface area contributed by atoms with Crippen LogP contribution in [0.4, 0.5) is 4.79 Å². The summed E-state index contributed by atoms with van der Waals surface area (Å²) >= 11 is 4.14. The Bertz CT molecular complexity index is 312. The third-order valence-electron chi connectivity index (χ3n) is 2.25. The lowest BCUT2D eigenvalue weighted by Crippen LogP contribution is -2.35. The molecule has 1 amide bonds. The van der Waals surface area contributed by atoms with E-state index >= 15 is 0 Å². The van der Waals surface area contributed by atoms with Crippen LogP contribution in [0.25, 0.3) is 0 Å². The van der Waals surface area contributed by atoms with Gasteiger partial charge in [0.05, 0.1) is 0 Å². The molecule has 0 radical (unpaired) electrons. The van der Waals surface area contributed by atoms with Crippen LogP contribution in [0.2, 0.25) is 0 Å². The number of nitrogens with one attached hydrogen (secondary N) is 1. The number of hydrogen-bond acceptors (Lipinski definition) is 3. The second kappa shape index (κ2) is 7.17. The molecule has 0 saturated carbocycles. The van der Waals surface area contributed by atoms with Crippen molar-refractivity contribution in [2.45, 2.75) is 26.0 Å². The standard InChI is InChI=1S/C12H17NO2S/c1-2-11(9-16)13-12(14)15-8-10-6-4-3-5-7-10/h3-7,11,16H,2,8-9H2,1H3,(H,13,14)/t11-/m1/s1. The molecule has 16 heavy (non-hydrogen) atoms. The zero-order valence-electron chi connectivity index (χ0n) is 9.35. The summed E-state index contributed by atoms with van der Waals surface area (Å²) < 4.78 is 5.08. The highest BCUT2D eigenvalue weighted by Crippen LogP contribution is 2.01. The monoisotopic (exact) mass is 239 g/mol. The molecule has 0 bridgehead atoms. The molecule has 0 spiro atoms. The van der Waals surface area contributed by atoms with Crippen LogP contribution in [0.1, 0.15) is 18.9 Å². The number of carbonyl (C=O) groups is 1. The first-order valence-corrected chi connectivity index (χ1v) is 5.97. The van der Waals surface area contributed by atoms with E-state index < -0.39 is 0 Å². The number of carbonyl (C=O) groups excluding carboxylic acids is 1. The number of hydrogen-bond donors (Lipinski definition) is 2. The Hall–Kier alpha value is -1.16. The molecule has 1 N–H and O–H groups in total. The fourth-order valence-corrected chi connectivity index (χ4v) is 1.56. The molecule has 0 aliphatic rings. The Morgan fingerprint density at radius 1 is 1.44 bits per heavy atom. The van der Waals surface area contributed by atoms with Crippen LogP contribution >= 0.6 is 12.6 Å². The van der Waals surface area contributed by atoms with E-state index in [1.807, 2.05) is 37.3 Å². The van der Waals surface area contributed by atoms with Gasteiger partial charge in [-0.3, -0.25) is 0 Å². The zero-order chi connectivity index (χ0) is 11.8. The molecule has 88 valence electrons. The number of amides is 1. The molecule has 0 unspecified atom stereocenters. The molecule has 1 rings (SSSR count). The first kappa shape index (κ1) is 12.9. The van der Waals surface area contributed by atoms with Crippen molar-refractivity contribution in [2.24, 2.45) is 0 Å². The van der Waals surface area contributed by atoms with Gasteiger partial charge >= 0.3 is 6.09 Å². The van der Waals surface area contributed by atoms with Crippen LogP contribution in [0.15, 0.2) is 30.3 Å². The Labute approximate surface area is 102 Å². The summed E-state index contributed by atoms with van der Waals surface area (Å²) in [5.74, 6) is 0.622. The van der Waals surface area contributed by atoms with Crippen molar-refractivity contribution in [1.82, 2.24) is 5.32 Å². The molecule has 0 saturated heterocycles. The summed E-state index contributed by atoms with van der Waals surface area (Å²) in [6.07, 6.45) is 0.467. The molecule has 0 heterocycles. The van der Waals surface area contributed by atoms with Gasteiger partial charge in [0.15, 0.2) is 0 Å². The van der Waals surface area contributed by atoms with Crippen molar-refractivity contribution < 1.29 is 9.53 Å². The van der Waals surface area contributed by atoms with Gasteiger partial charge in [0, 0.05) is 11.8 Å². The minimum Gasteiger partial charge on any atom is -0.445 e. The van der Waals surface area contributed by atoms with Crippen molar-refractivity contribution >= 4 is 18.7 Å². The van der Waals surface area contributed by atoms with Gasteiger partial charge in [0.1, 0.15) is 6.61 Å². The lowest BCUT2D eigenvalue weighted by molar-refractivity contribution is 0.136. The van der Waals surface area contributed by atoms with E-state index in [4.69, 9.17) is 4.74 Å². The van der Waals surface area contributed by atoms with Crippen LogP contribution < -0.4 is 5.32 Å².